The molecule has 5 heterocycles. The van der Waals surface area contributed by atoms with Crippen molar-refractivity contribution in [2.24, 2.45) is 5.41 Å². The van der Waals surface area contributed by atoms with Crippen molar-refractivity contribution >= 4 is 40.6 Å². The standard InChI is InChI=1S/C29H27ClF3N7O4/c1-28(14-43-15-28)27(42)39-9-2-3-17(13-39)25-38-22(23-24(34)36-8-10-40(23)25)19-5-4-16(11-20(19)31)26(41)37-21-12-18(6-7-35-21)44-29(30,32)33/h4-8,10-12,17H,2-3,9,13-15H2,1H3,(H2,34,36)(H,35,37,41)/t17-/m1/s1. The fourth-order valence-corrected chi connectivity index (χ4v) is 5.65. The third-order valence-corrected chi connectivity index (χ3v) is 7.81. The van der Waals surface area contributed by atoms with E-state index in [1.165, 1.54) is 18.3 Å². The van der Waals surface area contributed by atoms with Crippen LogP contribution in [-0.4, -0.2) is 67.9 Å². The number of hydrogen-bond donors (Lipinski definition) is 2. The molecule has 1 aromatic carbocycles. The number of anilines is 2. The largest absolute Gasteiger partial charge is 0.487 e. The summed E-state index contributed by atoms with van der Waals surface area (Å²) in [6, 6.07) is 6.00. The maximum atomic E-state index is 15.7. The number of aromatic nitrogens is 4. The van der Waals surface area contributed by atoms with Crippen molar-refractivity contribution in [1.82, 2.24) is 24.3 Å². The molecule has 2 aliphatic heterocycles. The van der Waals surface area contributed by atoms with E-state index in [0.29, 0.717) is 37.6 Å². The van der Waals surface area contributed by atoms with Crippen LogP contribution in [0.25, 0.3) is 16.8 Å². The number of nitrogens with two attached hydrogens (primary N) is 1. The first-order valence-corrected chi connectivity index (χ1v) is 14.1. The molecule has 11 nitrogen and oxygen atoms in total. The highest BCUT2D eigenvalue weighted by Gasteiger charge is 2.45. The lowest BCUT2D eigenvalue weighted by atomic mass is 9.85. The molecule has 0 unspecified atom stereocenters. The van der Waals surface area contributed by atoms with E-state index in [0.717, 1.165) is 37.2 Å². The van der Waals surface area contributed by atoms with Gasteiger partial charge in [0.1, 0.15) is 40.2 Å². The summed E-state index contributed by atoms with van der Waals surface area (Å²) in [5.41, 5.74) is 2.44. The van der Waals surface area contributed by atoms with Crippen LogP contribution >= 0.6 is 11.6 Å². The molecule has 2 saturated heterocycles. The van der Waals surface area contributed by atoms with Crippen LogP contribution in [0.3, 0.4) is 0 Å². The summed E-state index contributed by atoms with van der Waals surface area (Å²) in [7, 11) is 0. The number of imidazole rings is 1. The highest BCUT2D eigenvalue weighted by molar-refractivity contribution is 6.20. The molecular formula is C29H27ClF3N7O4. The topological polar surface area (TPSA) is 137 Å². The van der Waals surface area contributed by atoms with Crippen LogP contribution in [0.15, 0.2) is 48.9 Å². The first-order valence-electron chi connectivity index (χ1n) is 13.7. The molecule has 0 radical (unpaired) electrons. The van der Waals surface area contributed by atoms with E-state index in [2.05, 4.69) is 20.0 Å². The second kappa shape index (κ2) is 11.2. The average Bonchev–Trinajstić information content (AvgIpc) is 3.35. The molecule has 2 amide bonds. The molecule has 0 spiro atoms. The number of pyridine rings is 1. The van der Waals surface area contributed by atoms with E-state index < -0.39 is 22.7 Å². The lowest BCUT2D eigenvalue weighted by Crippen LogP contribution is -2.55. The lowest BCUT2D eigenvalue weighted by molar-refractivity contribution is -0.169. The van der Waals surface area contributed by atoms with Gasteiger partial charge in [0.25, 0.3) is 5.91 Å². The monoisotopic (exact) mass is 629 g/mol. The number of ether oxygens (including phenoxy) is 2. The van der Waals surface area contributed by atoms with Crippen LogP contribution in [0.2, 0.25) is 0 Å². The predicted molar refractivity (Wildman–Crippen MR) is 154 cm³/mol. The molecule has 0 bridgehead atoms. The molecular weight excluding hydrogens is 603 g/mol. The average molecular weight is 630 g/mol. The molecule has 2 fully saturated rings. The number of amides is 2. The Morgan fingerprint density at radius 2 is 2.00 bits per heavy atom. The van der Waals surface area contributed by atoms with E-state index in [9.17, 15) is 18.4 Å². The predicted octanol–water partition coefficient (Wildman–Crippen LogP) is 4.68. The zero-order chi connectivity index (χ0) is 31.2. The number of fused-ring (bicyclic) bond motifs is 1. The van der Waals surface area contributed by atoms with Crippen molar-refractivity contribution < 1.29 is 32.2 Å². The summed E-state index contributed by atoms with van der Waals surface area (Å²) in [5.74, 6) is -1.27. The number of benzene rings is 1. The summed E-state index contributed by atoms with van der Waals surface area (Å²) < 4.78 is 53.0. The lowest BCUT2D eigenvalue weighted by Gasteiger charge is -2.42. The van der Waals surface area contributed by atoms with Crippen LogP contribution in [0.5, 0.6) is 5.75 Å². The second-order valence-corrected chi connectivity index (χ2v) is 11.5. The van der Waals surface area contributed by atoms with Gasteiger partial charge in [-0.25, -0.2) is 19.3 Å². The van der Waals surface area contributed by atoms with Gasteiger partial charge in [0.15, 0.2) is 0 Å². The second-order valence-electron chi connectivity index (χ2n) is 11.1. The number of piperidine rings is 1. The fourth-order valence-electron chi connectivity index (χ4n) is 5.56. The summed E-state index contributed by atoms with van der Waals surface area (Å²) in [6.45, 7) is 3.76. The van der Waals surface area contributed by atoms with Gasteiger partial charge in [0.05, 0.1) is 18.6 Å². The van der Waals surface area contributed by atoms with Crippen molar-refractivity contribution in [3.05, 3.63) is 66.1 Å². The molecule has 0 saturated carbocycles. The van der Waals surface area contributed by atoms with E-state index in [4.69, 9.17) is 27.1 Å². The smallest absolute Gasteiger partial charge is 0.420 e. The van der Waals surface area contributed by atoms with Gasteiger partial charge in [-0.05, 0) is 44.0 Å². The molecule has 4 aromatic rings. The van der Waals surface area contributed by atoms with Gasteiger partial charge >= 0.3 is 5.57 Å². The Kier molecular flexibility index (Phi) is 7.58. The molecule has 15 heteroatoms. The first kappa shape index (κ1) is 29.6. The number of carbonyl (C=O) groups excluding carboxylic acids is 2. The van der Waals surface area contributed by atoms with Crippen LogP contribution in [-0.2, 0) is 9.53 Å². The van der Waals surface area contributed by atoms with E-state index >= 15 is 4.39 Å². The Balaban J connectivity index is 1.27. The van der Waals surface area contributed by atoms with Gasteiger partial charge in [-0.15, -0.1) is 8.78 Å². The van der Waals surface area contributed by atoms with Crippen LogP contribution in [0.1, 0.15) is 41.9 Å². The molecule has 6 rings (SSSR count). The Morgan fingerprint density at radius 3 is 2.70 bits per heavy atom. The Morgan fingerprint density at radius 1 is 1.20 bits per heavy atom. The Bertz CT molecular complexity index is 1760. The number of nitrogen functional groups attached to an aromatic ring is 1. The Labute approximate surface area is 254 Å². The molecule has 3 N–H and O–H groups in total. The zero-order valence-electron chi connectivity index (χ0n) is 23.4. The minimum atomic E-state index is -3.95. The Hall–Kier alpha value is -4.43. The summed E-state index contributed by atoms with van der Waals surface area (Å²) in [5, 5.41) is 2.41. The van der Waals surface area contributed by atoms with Crippen LogP contribution in [0, 0.1) is 11.2 Å². The van der Waals surface area contributed by atoms with E-state index in [-0.39, 0.29) is 46.0 Å². The molecule has 2 aliphatic rings. The summed E-state index contributed by atoms with van der Waals surface area (Å²) >= 11 is 4.80. The van der Waals surface area contributed by atoms with Gasteiger partial charge in [-0.3, -0.25) is 14.0 Å². The number of rotatable bonds is 7. The number of carbonyl (C=O) groups is 2. The summed E-state index contributed by atoms with van der Waals surface area (Å²) in [4.78, 5) is 40.8. The van der Waals surface area contributed by atoms with Gasteiger partial charge < -0.3 is 25.4 Å². The van der Waals surface area contributed by atoms with E-state index in [1.54, 1.807) is 10.6 Å². The molecule has 44 heavy (non-hydrogen) atoms. The quantitative estimate of drug-likeness (QED) is 0.281. The molecule has 0 aliphatic carbocycles. The highest BCUT2D eigenvalue weighted by atomic mass is 35.5. The number of hydrogen-bond acceptors (Lipinski definition) is 8. The zero-order valence-corrected chi connectivity index (χ0v) is 24.2. The first-order chi connectivity index (χ1) is 20.9. The van der Waals surface area contributed by atoms with Gasteiger partial charge in [0, 0.05) is 66.4 Å². The highest BCUT2D eigenvalue weighted by Crippen LogP contribution is 2.37. The maximum absolute atomic E-state index is 15.7. The molecule has 3 aromatic heterocycles. The van der Waals surface area contributed by atoms with Crippen molar-refractivity contribution in [2.75, 3.05) is 37.4 Å². The number of likely N-dealkylation sites (tertiary alicyclic amines) is 1. The number of nitrogens with one attached hydrogen (secondary N) is 1. The summed E-state index contributed by atoms with van der Waals surface area (Å²) in [6.07, 6.45) is 5.91. The minimum Gasteiger partial charge on any atom is -0.420 e. The third kappa shape index (κ3) is 5.74. The van der Waals surface area contributed by atoms with Crippen molar-refractivity contribution in [3.8, 4) is 17.0 Å². The van der Waals surface area contributed by atoms with Crippen molar-refractivity contribution in [3.63, 3.8) is 0 Å². The van der Waals surface area contributed by atoms with Crippen LogP contribution < -0.4 is 15.8 Å². The molecule has 230 valence electrons. The normalized spacial score (nSPS) is 18.1. The van der Waals surface area contributed by atoms with Gasteiger partial charge in [0.2, 0.25) is 5.91 Å². The minimum absolute atomic E-state index is 0.0436. The SMILES string of the molecule is CC1(C(=O)N2CCC[C@@H](c3nc(-c4ccc(C(=O)Nc5cc(OC(F)(F)Cl)ccn5)cc4F)c4c(N)nccn34)C2)COC1. The number of nitrogens with zero attached hydrogens (tertiary/aromatic N) is 5. The van der Waals surface area contributed by atoms with Gasteiger partial charge in [-0.2, -0.15) is 0 Å². The number of halogens is 4. The fraction of sp³-hybridized carbons (Fsp3) is 0.345. The van der Waals surface area contributed by atoms with Crippen molar-refractivity contribution in [1.29, 1.82) is 0 Å². The van der Waals surface area contributed by atoms with E-state index in [1.807, 2.05) is 11.8 Å². The third-order valence-electron chi connectivity index (χ3n) is 7.73. The number of alkyl halides is 3. The van der Waals surface area contributed by atoms with Gasteiger partial charge in [-0.1, -0.05) is 0 Å². The molecule has 1 atom stereocenters. The van der Waals surface area contributed by atoms with Crippen LogP contribution in [0.4, 0.5) is 24.8 Å². The van der Waals surface area contributed by atoms with Crippen molar-refractivity contribution in [2.45, 2.75) is 31.3 Å². The maximum Gasteiger partial charge on any atom is 0.487 e.